The van der Waals surface area contributed by atoms with Crippen molar-refractivity contribution in [3.05, 3.63) is 54.5 Å². The molecule has 3 aromatic rings. The first-order chi connectivity index (χ1) is 13.7. The Kier molecular flexibility index (Phi) is 5.34. The minimum absolute atomic E-state index is 0.00790. The van der Waals surface area contributed by atoms with Crippen LogP contribution >= 0.6 is 0 Å². The molecule has 1 aliphatic heterocycles. The second-order valence-corrected chi connectivity index (χ2v) is 6.79. The van der Waals surface area contributed by atoms with Crippen LogP contribution in [0.1, 0.15) is 18.7 Å². The van der Waals surface area contributed by atoms with Gasteiger partial charge in [-0.15, -0.1) is 0 Å². The summed E-state index contributed by atoms with van der Waals surface area (Å²) in [5.41, 5.74) is 0.927. The molecule has 0 unspecified atom stereocenters. The van der Waals surface area contributed by atoms with E-state index in [0.717, 1.165) is 43.6 Å². The first-order valence-electron chi connectivity index (χ1n) is 9.34. The lowest BCUT2D eigenvalue weighted by Gasteiger charge is -2.34. The molecule has 9 nitrogen and oxygen atoms in total. The Morgan fingerprint density at radius 3 is 2.64 bits per heavy atom. The number of para-hydroxylation sites is 1. The minimum atomic E-state index is -0.140. The summed E-state index contributed by atoms with van der Waals surface area (Å²) in [4.78, 5) is 16.6. The summed E-state index contributed by atoms with van der Waals surface area (Å²) in [6.07, 6.45) is 1.61. The number of aromatic nitrogens is 4. The van der Waals surface area contributed by atoms with E-state index in [0.29, 0.717) is 6.54 Å². The lowest BCUT2D eigenvalue weighted by molar-refractivity contribution is -0.123. The first kappa shape index (κ1) is 18.2. The van der Waals surface area contributed by atoms with Gasteiger partial charge in [0.05, 0.1) is 24.5 Å². The maximum Gasteiger partial charge on any atom is 0.250 e. The van der Waals surface area contributed by atoms with E-state index < -0.39 is 0 Å². The summed E-state index contributed by atoms with van der Waals surface area (Å²) in [7, 11) is 0. The third-order valence-corrected chi connectivity index (χ3v) is 4.82. The number of carbonyl (C=O) groups is 1. The zero-order valence-corrected chi connectivity index (χ0v) is 15.7. The number of hydrogen-bond acceptors (Lipinski definition) is 7. The smallest absolute Gasteiger partial charge is 0.250 e. The van der Waals surface area contributed by atoms with Crippen LogP contribution in [0.4, 0.5) is 5.95 Å². The van der Waals surface area contributed by atoms with E-state index in [2.05, 4.69) is 30.6 Å². The number of piperazine rings is 1. The van der Waals surface area contributed by atoms with Gasteiger partial charge in [0, 0.05) is 26.2 Å². The molecule has 1 saturated heterocycles. The summed E-state index contributed by atoms with van der Waals surface area (Å²) >= 11 is 0. The zero-order valence-electron chi connectivity index (χ0n) is 15.7. The monoisotopic (exact) mass is 381 g/mol. The quantitative estimate of drug-likeness (QED) is 0.687. The molecule has 9 heteroatoms. The molecule has 0 saturated carbocycles. The summed E-state index contributed by atoms with van der Waals surface area (Å²) in [6.45, 7) is 5.33. The Hall–Kier alpha value is -3.20. The minimum Gasteiger partial charge on any atom is -0.467 e. The number of amides is 1. The van der Waals surface area contributed by atoms with E-state index in [9.17, 15) is 4.79 Å². The summed E-state index contributed by atoms with van der Waals surface area (Å²) in [5, 5.41) is 15.1. The maximum atomic E-state index is 12.3. The largest absolute Gasteiger partial charge is 0.467 e. The number of furan rings is 1. The highest BCUT2D eigenvalue weighted by atomic mass is 16.3. The molecule has 0 bridgehead atoms. The molecule has 1 atom stereocenters. The lowest BCUT2D eigenvalue weighted by Crippen LogP contribution is -2.50. The van der Waals surface area contributed by atoms with Crippen molar-refractivity contribution >= 4 is 11.9 Å². The number of carbonyl (C=O) groups excluding carboxylic acids is 1. The van der Waals surface area contributed by atoms with Crippen LogP contribution in [-0.2, 0) is 4.79 Å². The van der Waals surface area contributed by atoms with Crippen LogP contribution in [0.5, 0.6) is 0 Å². The number of benzene rings is 1. The van der Waals surface area contributed by atoms with Crippen molar-refractivity contribution in [2.24, 2.45) is 0 Å². The van der Waals surface area contributed by atoms with E-state index in [1.54, 1.807) is 10.9 Å². The zero-order chi connectivity index (χ0) is 19.3. The second-order valence-electron chi connectivity index (χ2n) is 6.79. The molecule has 1 aromatic carbocycles. The Labute approximate surface area is 162 Å². The molecule has 28 heavy (non-hydrogen) atoms. The van der Waals surface area contributed by atoms with Gasteiger partial charge in [0.1, 0.15) is 5.76 Å². The van der Waals surface area contributed by atoms with Gasteiger partial charge in [-0.1, -0.05) is 23.3 Å². The topological polar surface area (TPSA) is 92.3 Å². The molecule has 1 N–H and O–H groups in total. The predicted molar refractivity (Wildman–Crippen MR) is 103 cm³/mol. The molecule has 2 aromatic heterocycles. The normalized spacial score (nSPS) is 16.1. The number of rotatable bonds is 6. The molecular weight excluding hydrogens is 358 g/mol. The highest BCUT2D eigenvalue weighted by Gasteiger charge is 2.24. The summed E-state index contributed by atoms with van der Waals surface area (Å²) in [6, 6.07) is 13.4. The summed E-state index contributed by atoms with van der Waals surface area (Å²) in [5.74, 6) is 1.47. The Morgan fingerprint density at radius 2 is 1.93 bits per heavy atom. The highest BCUT2D eigenvalue weighted by molar-refractivity contribution is 5.78. The Morgan fingerprint density at radius 1 is 1.14 bits per heavy atom. The molecule has 1 fully saturated rings. The van der Waals surface area contributed by atoms with E-state index >= 15 is 0 Å². The van der Waals surface area contributed by atoms with Gasteiger partial charge >= 0.3 is 0 Å². The fourth-order valence-electron chi connectivity index (χ4n) is 3.32. The van der Waals surface area contributed by atoms with Gasteiger partial charge in [0.2, 0.25) is 11.9 Å². The molecule has 3 heterocycles. The molecular formula is C19H23N7O2. The van der Waals surface area contributed by atoms with Crippen molar-refractivity contribution in [3.8, 4) is 5.69 Å². The van der Waals surface area contributed by atoms with Crippen LogP contribution in [0.3, 0.4) is 0 Å². The average molecular weight is 381 g/mol. The van der Waals surface area contributed by atoms with Gasteiger partial charge < -0.3 is 14.6 Å². The third kappa shape index (κ3) is 4.04. The van der Waals surface area contributed by atoms with Gasteiger partial charge in [-0.25, -0.2) is 0 Å². The average Bonchev–Trinajstić information content (AvgIpc) is 3.41. The second kappa shape index (κ2) is 8.22. The molecule has 146 valence electrons. The molecule has 0 radical (unpaired) electrons. The van der Waals surface area contributed by atoms with Crippen LogP contribution in [0.2, 0.25) is 0 Å². The van der Waals surface area contributed by atoms with Crippen molar-refractivity contribution in [3.63, 3.8) is 0 Å². The van der Waals surface area contributed by atoms with Crippen molar-refractivity contribution in [2.75, 3.05) is 37.6 Å². The standard InChI is InChI=1S/C19H23N7O2/c1-15(17-8-5-13-28-17)20-18(27)14-24-9-11-25(12-10-24)19-21-22-23-26(19)16-6-3-2-4-7-16/h2-8,13,15H,9-12,14H2,1H3,(H,20,27)/t15-/m1/s1. The molecule has 0 spiro atoms. The molecule has 1 aliphatic rings. The Balaban J connectivity index is 1.31. The first-order valence-corrected chi connectivity index (χ1v) is 9.34. The van der Waals surface area contributed by atoms with Gasteiger partial charge in [-0.2, -0.15) is 4.68 Å². The van der Waals surface area contributed by atoms with Crippen LogP contribution in [0.15, 0.2) is 53.1 Å². The van der Waals surface area contributed by atoms with E-state index in [4.69, 9.17) is 4.42 Å². The summed E-state index contributed by atoms with van der Waals surface area (Å²) < 4.78 is 7.08. The Bertz CT molecular complexity index is 886. The lowest BCUT2D eigenvalue weighted by atomic mass is 10.2. The number of hydrogen-bond donors (Lipinski definition) is 1. The van der Waals surface area contributed by atoms with Crippen molar-refractivity contribution in [1.29, 1.82) is 0 Å². The van der Waals surface area contributed by atoms with Crippen molar-refractivity contribution in [1.82, 2.24) is 30.4 Å². The number of nitrogens with zero attached hydrogens (tertiary/aromatic N) is 6. The van der Waals surface area contributed by atoms with Gasteiger partial charge in [0.15, 0.2) is 0 Å². The van der Waals surface area contributed by atoms with Crippen LogP contribution < -0.4 is 10.2 Å². The molecule has 4 rings (SSSR count). The van der Waals surface area contributed by atoms with E-state index in [1.165, 1.54) is 0 Å². The van der Waals surface area contributed by atoms with Gasteiger partial charge in [0.25, 0.3) is 0 Å². The third-order valence-electron chi connectivity index (χ3n) is 4.82. The SMILES string of the molecule is C[C@@H](NC(=O)CN1CCN(c2nnnn2-c2ccccc2)CC1)c1ccco1. The predicted octanol–water partition coefficient (Wildman–Crippen LogP) is 1.25. The number of anilines is 1. The van der Waals surface area contributed by atoms with Gasteiger partial charge in [-0.3, -0.25) is 9.69 Å². The number of nitrogens with one attached hydrogen (secondary N) is 1. The number of tetrazole rings is 1. The van der Waals surface area contributed by atoms with Crippen molar-refractivity contribution < 1.29 is 9.21 Å². The van der Waals surface area contributed by atoms with E-state index in [-0.39, 0.29) is 11.9 Å². The fourth-order valence-corrected chi connectivity index (χ4v) is 3.32. The van der Waals surface area contributed by atoms with E-state index in [1.807, 2.05) is 49.4 Å². The molecule has 0 aliphatic carbocycles. The highest BCUT2D eigenvalue weighted by Crippen LogP contribution is 2.17. The fraction of sp³-hybridized carbons (Fsp3) is 0.368. The molecule has 1 amide bonds. The van der Waals surface area contributed by atoms with Crippen molar-refractivity contribution in [2.45, 2.75) is 13.0 Å². The maximum absolute atomic E-state index is 12.3. The van der Waals surface area contributed by atoms with Crippen LogP contribution in [0.25, 0.3) is 5.69 Å². The van der Waals surface area contributed by atoms with Crippen LogP contribution in [-0.4, -0.2) is 63.7 Å². The van der Waals surface area contributed by atoms with Crippen LogP contribution in [0, 0.1) is 0 Å². The van der Waals surface area contributed by atoms with Gasteiger partial charge in [-0.05, 0) is 41.6 Å².